The molecule has 1 aromatic rings. The SMILES string of the molecule is C=C(N)N=C/C(OCc1nccc(OC)c1OC)=C(\C)NC(C)CCC. The second kappa shape index (κ2) is 11.0. The number of pyridine rings is 1. The van der Waals surface area contributed by atoms with Crippen molar-refractivity contribution < 1.29 is 14.2 Å². The summed E-state index contributed by atoms with van der Waals surface area (Å²) in [5.74, 6) is 1.91. The van der Waals surface area contributed by atoms with Crippen LogP contribution < -0.4 is 20.5 Å². The molecule has 1 aromatic heterocycles. The van der Waals surface area contributed by atoms with Crippen LogP contribution >= 0.6 is 0 Å². The average molecular weight is 362 g/mol. The number of nitrogens with one attached hydrogen (secondary N) is 1. The number of methoxy groups -OCH3 is 2. The van der Waals surface area contributed by atoms with Crippen molar-refractivity contribution >= 4 is 6.21 Å². The second-order valence-corrected chi connectivity index (χ2v) is 5.85. The summed E-state index contributed by atoms with van der Waals surface area (Å²) < 4.78 is 16.6. The highest BCUT2D eigenvalue weighted by molar-refractivity contribution is 5.77. The zero-order chi connectivity index (χ0) is 19.5. The van der Waals surface area contributed by atoms with Crippen molar-refractivity contribution in [2.75, 3.05) is 14.2 Å². The molecule has 7 heteroatoms. The van der Waals surface area contributed by atoms with Gasteiger partial charge in [0.25, 0.3) is 0 Å². The number of ether oxygens (including phenoxy) is 3. The number of nitrogens with two attached hydrogens (primary N) is 1. The second-order valence-electron chi connectivity index (χ2n) is 5.85. The van der Waals surface area contributed by atoms with Gasteiger partial charge in [-0.05, 0) is 20.3 Å². The minimum absolute atomic E-state index is 0.194. The molecular formula is C19H30N4O3. The highest BCUT2D eigenvalue weighted by Crippen LogP contribution is 2.29. The Morgan fingerprint density at radius 2 is 2.15 bits per heavy atom. The van der Waals surface area contributed by atoms with Gasteiger partial charge in [-0.1, -0.05) is 19.9 Å². The van der Waals surface area contributed by atoms with Crippen LogP contribution in [0, 0.1) is 0 Å². The molecule has 144 valence electrons. The molecule has 0 saturated heterocycles. The van der Waals surface area contributed by atoms with Crippen molar-refractivity contribution in [3.8, 4) is 11.5 Å². The fourth-order valence-electron chi connectivity index (χ4n) is 2.43. The molecule has 26 heavy (non-hydrogen) atoms. The number of aliphatic imine (C=N–C) groups is 1. The maximum Gasteiger partial charge on any atom is 0.185 e. The highest BCUT2D eigenvalue weighted by Gasteiger charge is 2.13. The standard InChI is InChI=1S/C19H30N4O3/c1-7-8-13(2)23-14(3)18(11-22-15(4)20)26-12-16-19(25-6)17(24-5)9-10-21-16/h9-11,13,23H,4,7-8,12,20H2,1-3,5-6H3/b18-14-,22-11?. The quantitative estimate of drug-likeness (QED) is 0.464. The van der Waals surface area contributed by atoms with E-state index in [1.807, 2.05) is 6.92 Å². The Morgan fingerprint density at radius 1 is 1.42 bits per heavy atom. The van der Waals surface area contributed by atoms with Crippen molar-refractivity contribution in [2.24, 2.45) is 10.7 Å². The van der Waals surface area contributed by atoms with Gasteiger partial charge in [-0.15, -0.1) is 0 Å². The summed E-state index contributed by atoms with van der Waals surface area (Å²) >= 11 is 0. The molecule has 1 unspecified atom stereocenters. The molecule has 0 amide bonds. The summed E-state index contributed by atoms with van der Waals surface area (Å²) in [7, 11) is 3.15. The van der Waals surface area contributed by atoms with Gasteiger partial charge < -0.3 is 25.3 Å². The van der Waals surface area contributed by atoms with E-state index in [9.17, 15) is 0 Å². The number of aromatic nitrogens is 1. The molecule has 1 heterocycles. The largest absolute Gasteiger partial charge is 0.493 e. The summed E-state index contributed by atoms with van der Waals surface area (Å²) in [6.45, 7) is 9.97. The van der Waals surface area contributed by atoms with Gasteiger partial charge in [-0.2, -0.15) is 0 Å². The molecule has 0 aliphatic carbocycles. The van der Waals surface area contributed by atoms with Crippen LogP contribution in [0.5, 0.6) is 11.5 Å². The first kappa shape index (κ1) is 21.3. The first-order valence-corrected chi connectivity index (χ1v) is 8.57. The van der Waals surface area contributed by atoms with E-state index in [0.717, 1.165) is 18.5 Å². The van der Waals surface area contributed by atoms with E-state index in [2.05, 4.69) is 35.7 Å². The molecule has 0 bridgehead atoms. The van der Waals surface area contributed by atoms with Gasteiger partial charge >= 0.3 is 0 Å². The van der Waals surface area contributed by atoms with Crippen LogP contribution in [0.4, 0.5) is 0 Å². The van der Waals surface area contributed by atoms with Crippen molar-refractivity contribution in [1.82, 2.24) is 10.3 Å². The molecule has 1 atom stereocenters. The lowest BCUT2D eigenvalue weighted by Gasteiger charge is -2.18. The first-order valence-electron chi connectivity index (χ1n) is 8.57. The maximum atomic E-state index is 5.93. The van der Waals surface area contributed by atoms with Gasteiger partial charge in [0.05, 0.1) is 26.1 Å². The number of rotatable bonds is 11. The third-order valence-corrected chi connectivity index (χ3v) is 3.63. The van der Waals surface area contributed by atoms with Crippen LogP contribution in [0.2, 0.25) is 0 Å². The van der Waals surface area contributed by atoms with Gasteiger partial charge in [0.15, 0.2) is 17.3 Å². The number of allylic oxidation sites excluding steroid dienone is 2. The normalized spacial score (nSPS) is 13.1. The van der Waals surface area contributed by atoms with E-state index in [0.29, 0.717) is 29.0 Å². The van der Waals surface area contributed by atoms with Crippen molar-refractivity contribution in [2.45, 2.75) is 46.3 Å². The Kier molecular flexibility index (Phi) is 9.05. The lowest BCUT2D eigenvalue weighted by molar-refractivity contribution is 0.204. The van der Waals surface area contributed by atoms with E-state index in [-0.39, 0.29) is 12.4 Å². The van der Waals surface area contributed by atoms with Crippen molar-refractivity contribution in [3.05, 3.63) is 41.8 Å². The molecule has 0 fully saturated rings. The van der Waals surface area contributed by atoms with Gasteiger partial charge in [0.1, 0.15) is 18.1 Å². The molecule has 3 N–H and O–H groups in total. The van der Waals surface area contributed by atoms with E-state index in [4.69, 9.17) is 19.9 Å². The summed E-state index contributed by atoms with van der Waals surface area (Å²) in [6.07, 6.45) is 5.34. The van der Waals surface area contributed by atoms with Crippen molar-refractivity contribution in [3.63, 3.8) is 0 Å². The van der Waals surface area contributed by atoms with Crippen molar-refractivity contribution in [1.29, 1.82) is 0 Å². The van der Waals surface area contributed by atoms with Crippen LogP contribution in [0.1, 0.15) is 39.3 Å². The smallest absolute Gasteiger partial charge is 0.185 e. The predicted molar refractivity (Wildman–Crippen MR) is 104 cm³/mol. The summed E-state index contributed by atoms with van der Waals surface area (Å²) in [6, 6.07) is 2.05. The third-order valence-electron chi connectivity index (χ3n) is 3.63. The molecule has 0 radical (unpaired) electrons. The Labute approximate surface area is 156 Å². The van der Waals surface area contributed by atoms with Crippen LogP contribution in [0.25, 0.3) is 0 Å². The molecule has 0 aromatic carbocycles. The van der Waals surface area contributed by atoms with Gasteiger partial charge in [-0.3, -0.25) is 4.98 Å². The minimum atomic E-state index is 0.194. The summed E-state index contributed by atoms with van der Waals surface area (Å²) in [5, 5.41) is 3.41. The lowest BCUT2D eigenvalue weighted by Crippen LogP contribution is -2.25. The molecule has 7 nitrogen and oxygen atoms in total. The van der Waals surface area contributed by atoms with E-state index >= 15 is 0 Å². The monoisotopic (exact) mass is 362 g/mol. The first-order chi connectivity index (χ1) is 12.4. The van der Waals surface area contributed by atoms with Crippen LogP contribution in [0.15, 0.2) is 41.1 Å². The van der Waals surface area contributed by atoms with Gasteiger partial charge in [0, 0.05) is 18.3 Å². The number of hydrogen-bond acceptors (Lipinski definition) is 7. The summed E-state index contributed by atoms with van der Waals surface area (Å²) in [5.41, 5.74) is 7.02. The zero-order valence-electron chi connectivity index (χ0n) is 16.3. The molecule has 0 aliphatic rings. The van der Waals surface area contributed by atoms with Gasteiger partial charge in [-0.25, -0.2) is 4.99 Å². The van der Waals surface area contributed by atoms with Crippen LogP contribution in [0.3, 0.4) is 0 Å². The topological polar surface area (TPSA) is 91.0 Å². The Balaban J connectivity index is 3.02. The Morgan fingerprint density at radius 3 is 2.73 bits per heavy atom. The number of hydrogen-bond donors (Lipinski definition) is 2. The molecule has 0 aliphatic heterocycles. The van der Waals surface area contributed by atoms with E-state index < -0.39 is 0 Å². The molecule has 0 spiro atoms. The van der Waals surface area contributed by atoms with Gasteiger partial charge in [0.2, 0.25) is 0 Å². The predicted octanol–water partition coefficient (Wildman–Crippen LogP) is 3.13. The fraction of sp³-hybridized carbons (Fsp3) is 0.474. The maximum absolute atomic E-state index is 5.93. The van der Waals surface area contributed by atoms with Crippen LogP contribution in [-0.4, -0.2) is 31.5 Å². The van der Waals surface area contributed by atoms with E-state index in [1.165, 1.54) is 0 Å². The number of nitrogens with zero attached hydrogens (tertiary/aromatic N) is 2. The molecule has 1 rings (SSSR count). The Hall–Kier alpha value is -2.70. The summed E-state index contributed by atoms with van der Waals surface area (Å²) in [4.78, 5) is 8.36. The van der Waals surface area contributed by atoms with Crippen LogP contribution in [-0.2, 0) is 11.3 Å². The third kappa shape index (κ3) is 6.66. The average Bonchev–Trinajstić information content (AvgIpc) is 2.60. The minimum Gasteiger partial charge on any atom is -0.493 e. The lowest BCUT2D eigenvalue weighted by atomic mass is 10.2. The molecule has 0 saturated carbocycles. The Bertz CT molecular complexity index is 656. The van der Waals surface area contributed by atoms with E-state index in [1.54, 1.807) is 32.7 Å². The highest BCUT2D eigenvalue weighted by atomic mass is 16.5. The zero-order valence-corrected chi connectivity index (χ0v) is 16.3. The molecular weight excluding hydrogens is 332 g/mol. The fourth-order valence-corrected chi connectivity index (χ4v) is 2.43.